The van der Waals surface area contributed by atoms with Crippen LogP contribution in [0.2, 0.25) is 5.22 Å². The molecule has 1 fully saturated rings. The van der Waals surface area contributed by atoms with Crippen LogP contribution in [0.3, 0.4) is 0 Å². The summed E-state index contributed by atoms with van der Waals surface area (Å²) in [5.41, 5.74) is 3.17. The lowest BCUT2D eigenvalue weighted by atomic mass is 10.2. The molecular weight excluding hydrogens is 380 g/mol. The van der Waals surface area contributed by atoms with Crippen molar-refractivity contribution in [2.24, 2.45) is 0 Å². The van der Waals surface area contributed by atoms with E-state index in [4.69, 9.17) is 20.8 Å². The molecule has 0 spiro atoms. The van der Waals surface area contributed by atoms with E-state index in [1.54, 1.807) is 6.07 Å². The molecule has 1 saturated heterocycles. The zero-order valence-corrected chi connectivity index (χ0v) is 15.6. The van der Waals surface area contributed by atoms with E-state index in [1.807, 2.05) is 36.4 Å². The van der Waals surface area contributed by atoms with Crippen molar-refractivity contribution < 1.29 is 9.15 Å². The Labute approximate surface area is 165 Å². The molecule has 1 aliphatic rings. The highest BCUT2D eigenvalue weighted by Crippen LogP contribution is 2.31. The minimum absolute atomic E-state index is 0.280. The zero-order valence-electron chi connectivity index (χ0n) is 14.9. The summed E-state index contributed by atoms with van der Waals surface area (Å²) in [5.74, 6) is 1.75. The number of nitrogens with zero attached hydrogens (tertiary/aromatic N) is 4. The van der Waals surface area contributed by atoms with E-state index in [9.17, 15) is 0 Å². The normalized spacial score (nSPS) is 14.5. The number of anilines is 3. The van der Waals surface area contributed by atoms with Crippen molar-refractivity contribution in [2.75, 3.05) is 36.5 Å². The van der Waals surface area contributed by atoms with Gasteiger partial charge < -0.3 is 19.4 Å². The van der Waals surface area contributed by atoms with Gasteiger partial charge in [0, 0.05) is 25.2 Å². The fraction of sp³-hybridized carbons (Fsp3) is 0.211. The van der Waals surface area contributed by atoms with Crippen molar-refractivity contribution in [3.63, 3.8) is 0 Å². The van der Waals surface area contributed by atoms with E-state index in [1.165, 1.54) is 0 Å². The van der Waals surface area contributed by atoms with Crippen LogP contribution >= 0.6 is 11.6 Å². The molecule has 5 rings (SSSR count). The Hall–Kier alpha value is -3.10. The second-order valence-corrected chi connectivity index (χ2v) is 6.77. The highest BCUT2D eigenvalue weighted by Gasteiger charge is 2.21. The molecule has 2 N–H and O–H groups in total. The molecule has 0 amide bonds. The van der Waals surface area contributed by atoms with Crippen LogP contribution in [-0.4, -0.2) is 46.5 Å². The van der Waals surface area contributed by atoms with Crippen molar-refractivity contribution in [1.29, 1.82) is 0 Å². The summed E-state index contributed by atoms with van der Waals surface area (Å²) in [4.78, 5) is 11.3. The topological polar surface area (TPSA) is 92.1 Å². The van der Waals surface area contributed by atoms with Crippen LogP contribution in [0.5, 0.6) is 0 Å². The minimum Gasteiger partial charge on any atom is -0.439 e. The SMILES string of the molecule is Clc1cc2nc(Nc3cc(-c4ccccc4)[nH]n3)nc(N3CCOCC3)c2o1. The van der Waals surface area contributed by atoms with E-state index in [2.05, 4.69) is 30.4 Å². The number of hydrogen-bond acceptors (Lipinski definition) is 7. The largest absolute Gasteiger partial charge is 0.439 e. The molecule has 4 aromatic rings. The van der Waals surface area contributed by atoms with Crippen LogP contribution in [0.1, 0.15) is 0 Å². The number of H-pyrrole nitrogens is 1. The van der Waals surface area contributed by atoms with E-state index in [-0.39, 0.29) is 5.22 Å². The Balaban J connectivity index is 1.48. The van der Waals surface area contributed by atoms with E-state index in [0.29, 0.717) is 41.9 Å². The van der Waals surface area contributed by atoms with Gasteiger partial charge in [0.2, 0.25) is 5.95 Å². The molecule has 9 heteroatoms. The standard InChI is InChI=1S/C19H17ClN6O2/c20-15-10-14-17(28-15)18(26-6-8-27-9-7-26)23-19(21-14)22-16-11-13(24-25-16)12-4-2-1-3-5-12/h1-5,10-11H,6-9H2,(H2,21,22,23,24,25). The number of fused-ring (bicyclic) bond motifs is 1. The van der Waals surface area contributed by atoms with Gasteiger partial charge in [-0.1, -0.05) is 30.3 Å². The molecule has 28 heavy (non-hydrogen) atoms. The molecular formula is C19H17ClN6O2. The summed E-state index contributed by atoms with van der Waals surface area (Å²) in [6.45, 7) is 2.74. The summed E-state index contributed by atoms with van der Waals surface area (Å²) < 4.78 is 11.1. The molecule has 0 aliphatic carbocycles. The predicted octanol–water partition coefficient (Wildman–Crippen LogP) is 3.85. The third-order valence-electron chi connectivity index (χ3n) is 4.54. The highest BCUT2D eigenvalue weighted by atomic mass is 35.5. The number of furan rings is 1. The maximum Gasteiger partial charge on any atom is 0.231 e. The van der Waals surface area contributed by atoms with Gasteiger partial charge in [-0.15, -0.1) is 0 Å². The third kappa shape index (κ3) is 3.28. The molecule has 3 aromatic heterocycles. The Morgan fingerprint density at radius 3 is 2.71 bits per heavy atom. The van der Waals surface area contributed by atoms with E-state index >= 15 is 0 Å². The molecule has 0 atom stereocenters. The number of aromatic amines is 1. The summed E-state index contributed by atoms with van der Waals surface area (Å²) in [6.07, 6.45) is 0. The smallest absolute Gasteiger partial charge is 0.231 e. The number of hydrogen-bond donors (Lipinski definition) is 2. The van der Waals surface area contributed by atoms with Crippen molar-refractivity contribution in [2.45, 2.75) is 0 Å². The van der Waals surface area contributed by atoms with E-state index < -0.39 is 0 Å². The van der Waals surface area contributed by atoms with Gasteiger partial charge in [0.15, 0.2) is 22.4 Å². The number of rotatable bonds is 4. The summed E-state index contributed by atoms with van der Waals surface area (Å²) in [7, 11) is 0. The Morgan fingerprint density at radius 1 is 1.07 bits per heavy atom. The van der Waals surface area contributed by atoms with Gasteiger partial charge in [0.05, 0.1) is 18.9 Å². The molecule has 0 unspecified atom stereocenters. The van der Waals surface area contributed by atoms with Gasteiger partial charge in [-0.2, -0.15) is 10.1 Å². The van der Waals surface area contributed by atoms with Crippen LogP contribution < -0.4 is 10.2 Å². The van der Waals surface area contributed by atoms with Crippen molar-refractivity contribution in [3.8, 4) is 11.3 Å². The van der Waals surface area contributed by atoms with Gasteiger partial charge in [-0.05, 0) is 17.2 Å². The van der Waals surface area contributed by atoms with Crippen molar-refractivity contribution in [1.82, 2.24) is 20.2 Å². The molecule has 1 aliphatic heterocycles. The van der Waals surface area contributed by atoms with Gasteiger partial charge in [0.1, 0.15) is 5.52 Å². The first-order valence-corrected chi connectivity index (χ1v) is 9.32. The second kappa shape index (κ2) is 7.14. The number of ether oxygens (including phenoxy) is 1. The molecule has 8 nitrogen and oxygen atoms in total. The first kappa shape index (κ1) is 17.0. The highest BCUT2D eigenvalue weighted by molar-refractivity contribution is 6.29. The lowest BCUT2D eigenvalue weighted by molar-refractivity contribution is 0.122. The number of morpholine rings is 1. The summed E-state index contributed by atoms with van der Waals surface area (Å²) in [6, 6.07) is 13.6. The van der Waals surface area contributed by atoms with Crippen LogP contribution in [0, 0.1) is 0 Å². The van der Waals surface area contributed by atoms with Crippen LogP contribution in [0.15, 0.2) is 46.9 Å². The maximum atomic E-state index is 6.06. The average molecular weight is 397 g/mol. The Morgan fingerprint density at radius 2 is 1.89 bits per heavy atom. The first-order chi connectivity index (χ1) is 13.8. The molecule has 4 heterocycles. The van der Waals surface area contributed by atoms with Crippen LogP contribution in [0.25, 0.3) is 22.4 Å². The van der Waals surface area contributed by atoms with Gasteiger partial charge in [-0.25, -0.2) is 4.98 Å². The predicted molar refractivity (Wildman–Crippen MR) is 107 cm³/mol. The molecule has 142 valence electrons. The second-order valence-electron chi connectivity index (χ2n) is 6.39. The first-order valence-electron chi connectivity index (χ1n) is 8.94. The quantitative estimate of drug-likeness (QED) is 0.541. The van der Waals surface area contributed by atoms with Crippen LogP contribution in [-0.2, 0) is 4.74 Å². The number of benzene rings is 1. The molecule has 0 bridgehead atoms. The number of nitrogens with one attached hydrogen (secondary N) is 2. The fourth-order valence-electron chi connectivity index (χ4n) is 3.20. The van der Waals surface area contributed by atoms with Gasteiger partial charge in [-0.3, -0.25) is 5.10 Å². The Kier molecular flexibility index (Phi) is 4.34. The molecule has 1 aromatic carbocycles. The van der Waals surface area contributed by atoms with Gasteiger partial charge in [0.25, 0.3) is 0 Å². The monoisotopic (exact) mass is 396 g/mol. The average Bonchev–Trinajstić information content (AvgIpc) is 3.34. The minimum atomic E-state index is 0.280. The lowest BCUT2D eigenvalue weighted by Gasteiger charge is -2.27. The number of aromatic nitrogens is 4. The maximum absolute atomic E-state index is 6.06. The van der Waals surface area contributed by atoms with E-state index in [0.717, 1.165) is 24.3 Å². The number of halogens is 1. The van der Waals surface area contributed by atoms with Crippen molar-refractivity contribution >= 4 is 40.3 Å². The molecule has 0 saturated carbocycles. The van der Waals surface area contributed by atoms with Crippen molar-refractivity contribution in [3.05, 3.63) is 47.7 Å². The molecule has 0 radical (unpaired) electrons. The summed E-state index contributed by atoms with van der Waals surface area (Å²) in [5, 5.41) is 10.8. The fourth-order valence-corrected chi connectivity index (χ4v) is 3.38. The van der Waals surface area contributed by atoms with Gasteiger partial charge >= 0.3 is 0 Å². The summed E-state index contributed by atoms with van der Waals surface area (Å²) >= 11 is 6.06. The van der Waals surface area contributed by atoms with Crippen LogP contribution in [0.4, 0.5) is 17.6 Å². The Bertz CT molecular complexity index is 1100. The zero-order chi connectivity index (χ0) is 18.9. The lowest BCUT2D eigenvalue weighted by Crippen LogP contribution is -2.37. The third-order valence-corrected chi connectivity index (χ3v) is 4.72.